The molecule has 0 aliphatic carbocycles. The molecule has 2 amide bonds. The van der Waals surface area contributed by atoms with Gasteiger partial charge in [0.15, 0.2) is 0 Å². The van der Waals surface area contributed by atoms with Crippen LogP contribution in [0.2, 0.25) is 0 Å². The summed E-state index contributed by atoms with van der Waals surface area (Å²) in [4.78, 5) is 26.1. The molecule has 1 aromatic carbocycles. The number of aryl methyl sites for hydroxylation is 1. The molecular formula is C18H20N2O3. The van der Waals surface area contributed by atoms with Crippen LogP contribution in [-0.2, 0) is 22.7 Å². The van der Waals surface area contributed by atoms with Crippen molar-refractivity contribution in [2.24, 2.45) is 0 Å². The summed E-state index contributed by atoms with van der Waals surface area (Å²) in [5, 5.41) is 2.95. The van der Waals surface area contributed by atoms with Gasteiger partial charge in [-0.3, -0.25) is 9.59 Å². The van der Waals surface area contributed by atoms with Crippen LogP contribution in [0, 0.1) is 6.92 Å². The van der Waals surface area contributed by atoms with Crippen LogP contribution in [-0.4, -0.2) is 22.8 Å². The van der Waals surface area contributed by atoms with E-state index in [1.54, 1.807) is 17.2 Å². The Hall–Kier alpha value is -2.56. The van der Waals surface area contributed by atoms with Crippen molar-refractivity contribution in [3.63, 3.8) is 0 Å². The van der Waals surface area contributed by atoms with Crippen molar-refractivity contribution < 1.29 is 14.0 Å². The van der Waals surface area contributed by atoms with Gasteiger partial charge in [-0.1, -0.05) is 24.3 Å². The van der Waals surface area contributed by atoms with Crippen LogP contribution < -0.4 is 5.32 Å². The van der Waals surface area contributed by atoms with Gasteiger partial charge in [-0.2, -0.15) is 0 Å². The highest BCUT2D eigenvalue weighted by Crippen LogP contribution is 2.22. The van der Waals surface area contributed by atoms with Gasteiger partial charge in [0.05, 0.1) is 12.8 Å². The second-order valence-electron chi connectivity index (χ2n) is 5.80. The summed E-state index contributed by atoms with van der Waals surface area (Å²) < 4.78 is 5.29. The van der Waals surface area contributed by atoms with Crippen LogP contribution in [0.15, 0.2) is 47.1 Å². The maximum Gasteiger partial charge on any atom is 0.243 e. The van der Waals surface area contributed by atoms with Crippen LogP contribution in [0.4, 0.5) is 0 Å². The van der Waals surface area contributed by atoms with Crippen molar-refractivity contribution in [2.75, 3.05) is 0 Å². The summed E-state index contributed by atoms with van der Waals surface area (Å²) in [7, 11) is 0. The smallest absolute Gasteiger partial charge is 0.243 e. The Morgan fingerprint density at radius 2 is 2.13 bits per heavy atom. The molecule has 120 valence electrons. The van der Waals surface area contributed by atoms with E-state index in [1.807, 2.05) is 37.3 Å². The summed E-state index contributed by atoms with van der Waals surface area (Å²) in [5.74, 6) is 0.583. The largest absolute Gasteiger partial charge is 0.467 e. The fraction of sp³-hybridized carbons (Fsp3) is 0.333. The van der Waals surface area contributed by atoms with Crippen molar-refractivity contribution in [3.05, 3.63) is 59.5 Å². The van der Waals surface area contributed by atoms with Gasteiger partial charge >= 0.3 is 0 Å². The maximum absolute atomic E-state index is 12.5. The molecule has 0 saturated carbocycles. The van der Waals surface area contributed by atoms with E-state index in [0.29, 0.717) is 31.7 Å². The molecule has 2 heterocycles. The topological polar surface area (TPSA) is 62.6 Å². The van der Waals surface area contributed by atoms with Gasteiger partial charge in [0.25, 0.3) is 0 Å². The minimum atomic E-state index is -0.420. The lowest BCUT2D eigenvalue weighted by Crippen LogP contribution is -2.44. The van der Waals surface area contributed by atoms with Crippen LogP contribution in [0.3, 0.4) is 0 Å². The Morgan fingerprint density at radius 3 is 2.87 bits per heavy atom. The van der Waals surface area contributed by atoms with Gasteiger partial charge in [0.2, 0.25) is 11.8 Å². The molecule has 1 aliphatic rings. The van der Waals surface area contributed by atoms with E-state index in [0.717, 1.165) is 11.1 Å². The van der Waals surface area contributed by atoms with Crippen molar-refractivity contribution in [2.45, 2.75) is 38.9 Å². The lowest BCUT2D eigenvalue weighted by molar-refractivity contribution is -0.136. The van der Waals surface area contributed by atoms with Gasteiger partial charge in [-0.15, -0.1) is 0 Å². The molecule has 1 N–H and O–H groups in total. The van der Waals surface area contributed by atoms with Gasteiger partial charge in [-0.25, -0.2) is 0 Å². The third-order valence-electron chi connectivity index (χ3n) is 4.25. The molecule has 0 unspecified atom stereocenters. The normalized spacial score (nSPS) is 17.5. The van der Waals surface area contributed by atoms with Gasteiger partial charge in [-0.05, 0) is 36.6 Å². The number of nitrogens with zero attached hydrogens (tertiary/aromatic N) is 1. The highest BCUT2D eigenvalue weighted by molar-refractivity contribution is 5.90. The van der Waals surface area contributed by atoms with E-state index < -0.39 is 6.04 Å². The first-order chi connectivity index (χ1) is 11.1. The zero-order chi connectivity index (χ0) is 16.2. The second kappa shape index (κ2) is 6.69. The summed E-state index contributed by atoms with van der Waals surface area (Å²) in [6.07, 6.45) is 2.53. The number of furan rings is 1. The average molecular weight is 312 g/mol. The van der Waals surface area contributed by atoms with Crippen molar-refractivity contribution in [1.82, 2.24) is 10.2 Å². The molecule has 0 bridgehead atoms. The third-order valence-corrected chi connectivity index (χ3v) is 4.25. The molecule has 5 nitrogen and oxygen atoms in total. The predicted octanol–water partition coefficient (Wildman–Crippen LogP) is 2.40. The first-order valence-electron chi connectivity index (χ1n) is 7.79. The molecule has 0 radical (unpaired) electrons. The number of benzene rings is 1. The fourth-order valence-electron chi connectivity index (χ4n) is 2.88. The van der Waals surface area contributed by atoms with Crippen LogP contribution in [0.1, 0.15) is 29.7 Å². The Bertz CT molecular complexity index is 694. The first kappa shape index (κ1) is 15.3. The number of carbonyl (C=O) groups is 2. The lowest BCUT2D eigenvalue weighted by atomic mass is 10.1. The van der Waals surface area contributed by atoms with E-state index in [2.05, 4.69) is 5.32 Å². The fourth-order valence-corrected chi connectivity index (χ4v) is 2.88. The third kappa shape index (κ3) is 3.44. The number of carbonyl (C=O) groups excluding carboxylic acids is 2. The zero-order valence-electron chi connectivity index (χ0n) is 13.1. The van der Waals surface area contributed by atoms with Gasteiger partial charge in [0.1, 0.15) is 11.8 Å². The molecule has 0 spiro atoms. The Labute approximate surface area is 135 Å². The van der Waals surface area contributed by atoms with Gasteiger partial charge < -0.3 is 14.6 Å². The van der Waals surface area contributed by atoms with E-state index >= 15 is 0 Å². The molecule has 1 fully saturated rings. The van der Waals surface area contributed by atoms with E-state index in [-0.39, 0.29) is 11.8 Å². The Kier molecular flexibility index (Phi) is 4.46. The van der Waals surface area contributed by atoms with Crippen LogP contribution in [0.5, 0.6) is 0 Å². The van der Waals surface area contributed by atoms with Crippen molar-refractivity contribution in [3.8, 4) is 0 Å². The minimum absolute atomic E-state index is 0.00237. The Balaban J connectivity index is 1.63. The van der Waals surface area contributed by atoms with Crippen LogP contribution in [0.25, 0.3) is 0 Å². The summed E-state index contributed by atoms with van der Waals surface area (Å²) >= 11 is 0. The molecule has 1 saturated heterocycles. The molecule has 2 aromatic rings. The van der Waals surface area contributed by atoms with Gasteiger partial charge in [0, 0.05) is 13.0 Å². The summed E-state index contributed by atoms with van der Waals surface area (Å²) in [6, 6.07) is 11.1. The number of amides is 2. The highest BCUT2D eigenvalue weighted by Gasteiger charge is 2.36. The molecule has 1 atom stereocenters. The lowest BCUT2D eigenvalue weighted by Gasteiger charge is -2.23. The molecule has 1 aromatic heterocycles. The van der Waals surface area contributed by atoms with Crippen LogP contribution >= 0.6 is 0 Å². The standard InChI is InChI=1S/C18H20N2O3/c1-13-5-2-3-6-14(13)11-19-18(22)16-8-9-17(21)20(16)12-15-7-4-10-23-15/h2-7,10,16H,8-9,11-12H2,1H3,(H,19,22)/t16-/m1/s1. The van der Waals surface area contributed by atoms with E-state index in [1.165, 1.54) is 0 Å². The molecular weight excluding hydrogens is 292 g/mol. The Morgan fingerprint density at radius 1 is 1.30 bits per heavy atom. The number of hydrogen-bond donors (Lipinski definition) is 1. The molecule has 23 heavy (non-hydrogen) atoms. The number of likely N-dealkylation sites (tertiary alicyclic amines) is 1. The van der Waals surface area contributed by atoms with E-state index in [9.17, 15) is 9.59 Å². The quantitative estimate of drug-likeness (QED) is 0.922. The number of hydrogen-bond acceptors (Lipinski definition) is 3. The maximum atomic E-state index is 12.5. The number of rotatable bonds is 5. The first-order valence-corrected chi connectivity index (χ1v) is 7.79. The summed E-state index contributed by atoms with van der Waals surface area (Å²) in [6.45, 7) is 2.84. The molecule has 3 rings (SSSR count). The average Bonchev–Trinajstić information content (AvgIpc) is 3.18. The van der Waals surface area contributed by atoms with Crippen molar-refractivity contribution in [1.29, 1.82) is 0 Å². The highest BCUT2D eigenvalue weighted by atomic mass is 16.3. The zero-order valence-corrected chi connectivity index (χ0v) is 13.1. The predicted molar refractivity (Wildman–Crippen MR) is 85.3 cm³/mol. The van der Waals surface area contributed by atoms with Crippen molar-refractivity contribution >= 4 is 11.8 Å². The number of nitrogens with one attached hydrogen (secondary N) is 1. The second-order valence-corrected chi connectivity index (χ2v) is 5.80. The monoisotopic (exact) mass is 312 g/mol. The molecule has 1 aliphatic heterocycles. The molecule has 5 heteroatoms. The van der Waals surface area contributed by atoms with E-state index in [4.69, 9.17) is 4.42 Å². The SMILES string of the molecule is Cc1ccccc1CNC(=O)[C@H]1CCC(=O)N1Cc1ccco1. The minimum Gasteiger partial charge on any atom is -0.467 e. The summed E-state index contributed by atoms with van der Waals surface area (Å²) in [5.41, 5.74) is 2.23.